The Morgan fingerprint density at radius 1 is 0.952 bits per heavy atom. The number of hydrogen-bond acceptors (Lipinski definition) is 1. The zero-order valence-corrected chi connectivity index (χ0v) is 12.3. The average molecular weight is 283 g/mol. The lowest BCUT2D eigenvalue weighted by atomic mass is 9.72. The average Bonchev–Trinajstić information content (AvgIpc) is 2.51. The van der Waals surface area contributed by atoms with Gasteiger partial charge in [0, 0.05) is 5.54 Å². The smallest absolute Gasteiger partial charge is 0.126 e. The minimum atomic E-state index is -0.256. The molecule has 0 saturated heterocycles. The van der Waals surface area contributed by atoms with Gasteiger partial charge in [-0.2, -0.15) is 0 Å². The maximum Gasteiger partial charge on any atom is 0.126 e. The molecule has 2 heteroatoms. The summed E-state index contributed by atoms with van der Waals surface area (Å²) < 4.78 is 13.8. The van der Waals surface area contributed by atoms with Gasteiger partial charge < -0.3 is 5.73 Å². The molecule has 2 aromatic carbocycles. The highest BCUT2D eigenvalue weighted by Gasteiger charge is 2.32. The summed E-state index contributed by atoms with van der Waals surface area (Å²) in [5.74, 6) is 0.469. The molecule has 0 unspecified atom stereocenters. The molecule has 1 aliphatic carbocycles. The Morgan fingerprint density at radius 2 is 1.57 bits per heavy atom. The zero-order chi connectivity index (χ0) is 14.7. The number of rotatable bonds is 3. The summed E-state index contributed by atoms with van der Waals surface area (Å²) in [7, 11) is 0. The van der Waals surface area contributed by atoms with E-state index < -0.39 is 0 Å². The standard InChI is InChI=1S/C19H22FN/c20-18-9-5-4-8-17(18)14-19(21)12-10-16(11-13-19)15-6-2-1-3-7-15/h1-9,16H,10-14,21H2. The van der Waals surface area contributed by atoms with Crippen LogP contribution < -0.4 is 5.73 Å². The van der Waals surface area contributed by atoms with E-state index in [-0.39, 0.29) is 11.4 Å². The second-order valence-corrected chi connectivity index (χ2v) is 6.32. The predicted octanol–water partition coefficient (Wildman–Crippen LogP) is 4.42. The maximum atomic E-state index is 13.8. The topological polar surface area (TPSA) is 26.0 Å². The normalized spacial score (nSPS) is 25.7. The Hall–Kier alpha value is -1.67. The molecular weight excluding hydrogens is 261 g/mol. The second kappa shape index (κ2) is 5.98. The van der Waals surface area contributed by atoms with Crippen LogP contribution in [-0.2, 0) is 6.42 Å². The van der Waals surface area contributed by atoms with Crippen LogP contribution in [0, 0.1) is 5.82 Å². The number of halogens is 1. The van der Waals surface area contributed by atoms with Gasteiger partial charge in [0.15, 0.2) is 0 Å². The highest BCUT2D eigenvalue weighted by Crippen LogP contribution is 2.38. The van der Waals surface area contributed by atoms with Crippen LogP contribution in [0.1, 0.15) is 42.7 Å². The molecule has 1 aliphatic rings. The minimum Gasteiger partial charge on any atom is -0.325 e. The van der Waals surface area contributed by atoms with Crippen molar-refractivity contribution in [2.24, 2.45) is 5.73 Å². The highest BCUT2D eigenvalue weighted by molar-refractivity contribution is 5.23. The van der Waals surface area contributed by atoms with E-state index in [0.29, 0.717) is 12.3 Å². The fourth-order valence-electron chi connectivity index (χ4n) is 3.45. The molecule has 3 rings (SSSR count). The third-order valence-electron chi connectivity index (χ3n) is 4.75. The summed E-state index contributed by atoms with van der Waals surface area (Å²) in [6, 6.07) is 17.6. The Kier molecular flexibility index (Phi) is 4.07. The largest absolute Gasteiger partial charge is 0.325 e. The third kappa shape index (κ3) is 3.33. The fraction of sp³-hybridized carbons (Fsp3) is 0.368. The van der Waals surface area contributed by atoms with Crippen LogP contribution >= 0.6 is 0 Å². The van der Waals surface area contributed by atoms with Crippen molar-refractivity contribution >= 4 is 0 Å². The predicted molar refractivity (Wildman–Crippen MR) is 84.7 cm³/mol. The highest BCUT2D eigenvalue weighted by atomic mass is 19.1. The lowest BCUT2D eigenvalue weighted by Gasteiger charge is -2.37. The van der Waals surface area contributed by atoms with Crippen molar-refractivity contribution in [1.29, 1.82) is 0 Å². The molecule has 0 radical (unpaired) electrons. The van der Waals surface area contributed by atoms with E-state index in [9.17, 15) is 4.39 Å². The van der Waals surface area contributed by atoms with Crippen LogP contribution in [0.4, 0.5) is 4.39 Å². The van der Waals surface area contributed by atoms with E-state index in [2.05, 4.69) is 30.3 Å². The molecule has 0 atom stereocenters. The van der Waals surface area contributed by atoms with Crippen LogP contribution in [0.2, 0.25) is 0 Å². The maximum absolute atomic E-state index is 13.8. The van der Waals surface area contributed by atoms with Crippen molar-refractivity contribution in [3.63, 3.8) is 0 Å². The van der Waals surface area contributed by atoms with Gasteiger partial charge in [-0.05, 0) is 55.2 Å². The monoisotopic (exact) mass is 283 g/mol. The van der Waals surface area contributed by atoms with Crippen molar-refractivity contribution in [3.05, 3.63) is 71.5 Å². The first-order valence-corrected chi connectivity index (χ1v) is 7.74. The van der Waals surface area contributed by atoms with E-state index in [1.165, 1.54) is 11.6 Å². The zero-order valence-electron chi connectivity index (χ0n) is 12.3. The molecule has 0 amide bonds. The van der Waals surface area contributed by atoms with Gasteiger partial charge in [0.2, 0.25) is 0 Å². The molecule has 2 N–H and O–H groups in total. The van der Waals surface area contributed by atoms with Crippen molar-refractivity contribution in [1.82, 2.24) is 0 Å². The van der Waals surface area contributed by atoms with Gasteiger partial charge in [-0.1, -0.05) is 48.5 Å². The third-order valence-corrected chi connectivity index (χ3v) is 4.75. The van der Waals surface area contributed by atoms with Crippen LogP contribution in [0.5, 0.6) is 0 Å². The van der Waals surface area contributed by atoms with Crippen molar-refractivity contribution in [2.45, 2.75) is 43.6 Å². The molecule has 1 saturated carbocycles. The van der Waals surface area contributed by atoms with E-state index in [0.717, 1.165) is 31.2 Å². The molecule has 1 fully saturated rings. The van der Waals surface area contributed by atoms with Gasteiger partial charge >= 0.3 is 0 Å². The fourth-order valence-corrected chi connectivity index (χ4v) is 3.45. The summed E-state index contributed by atoms with van der Waals surface area (Å²) in [5.41, 5.74) is 8.43. The molecular formula is C19H22FN. The quantitative estimate of drug-likeness (QED) is 0.886. The molecule has 0 aromatic heterocycles. The van der Waals surface area contributed by atoms with Gasteiger partial charge in [-0.15, -0.1) is 0 Å². The molecule has 0 heterocycles. The summed E-state index contributed by atoms with van der Waals surface area (Å²) >= 11 is 0. The summed E-state index contributed by atoms with van der Waals surface area (Å²) in [6.45, 7) is 0. The number of nitrogens with two attached hydrogens (primary N) is 1. The number of benzene rings is 2. The Bertz CT molecular complexity index is 586. The van der Waals surface area contributed by atoms with E-state index in [1.54, 1.807) is 6.07 Å². The van der Waals surface area contributed by atoms with Crippen LogP contribution in [0.25, 0.3) is 0 Å². The van der Waals surface area contributed by atoms with Crippen LogP contribution in [0.3, 0.4) is 0 Å². The Labute approximate surface area is 126 Å². The van der Waals surface area contributed by atoms with Crippen molar-refractivity contribution in [2.75, 3.05) is 0 Å². The first-order valence-electron chi connectivity index (χ1n) is 7.74. The molecule has 1 nitrogen and oxygen atoms in total. The van der Waals surface area contributed by atoms with Crippen LogP contribution in [0.15, 0.2) is 54.6 Å². The van der Waals surface area contributed by atoms with Gasteiger partial charge in [-0.3, -0.25) is 0 Å². The molecule has 21 heavy (non-hydrogen) atoms. The Balaban J connectivity index is 1.66. The molecule has 110 valence electrons. The first-order chi connectivity index (χ1) is 10.2. The molecule has 0 aliphatic heterocycles. The SMILES string of the molecule is NC1(Cc2ccccc2F)CCC(c2ccccc2)CC1. The molecule has 0 spiro atoms. The van der Waals surface area contributed by atoms with Gasteiger partial charge in [0.05, 0.1) is 0 Å². The summed E-state index contributed by atoms with van der Waals surface area (Å²) in [6.07, 6.45) is 4.74. The van der Waals surface area contributed by atoms with E-state index in [4.69, 9.17) is 5.73 Å². The first kappa shape index (κ1) is 14.3. The van der Waals surface area contributed by atoms with Gasteiger partial charge in [-0.25, -0.2) is 4.39 Å². The number of hydrogen-bond donors (Lipinski definition) is 1. The lowest BCUT2D eigenvalue weighted by Crippen LogP contribution is -2.45. The Morgan fingerprint density at radius 3 is 2.24 bits per heavy atom. The van der Waals surface area contributed by atoms with Gasteiger partial charge in [0.1, 0.15) is 5.82 Å². The molecule has 0 bridgehead atoms. The lowest BCUT2D eigenvalue weighted by molar-refractivity contribution is 0.268. The molecule has 2 aromatic rings. The summed E-state index contributed by atoms with van der Waals surface area (Å²) in [4.78, 5) is 0. The van der Waals surface area contributed by atoms with E-state index >= 15 is 0 Å². The summed E-state index contributed by atoms with van der Waals surface area (Å²) in [5, 5.41) is 0. The second-order valence-electron chi connectivity index (χ2n) is 6.32. The van der Waals surface area contributed by atoms with E-state index in [1.807, 2.05) is 12.1 Å². The van der Waals surface area contributed by atoms with Gasteiger partial charge in [0.25, 0.3) is 0 Å². The minimum absolute atomic E-state index is 0.132. The van der Waals surface area contributed by atoms with Crippen molar-refractivity contribution < 1.29 is 4.39 Å². The van der Waals surface area contributed by atoms with Crippen molar-refractivity contribution in [3.8, 4) is 0 Å². The van der Waals surface area contributed by atoms with Crippen LogP contribution in [-0.4, -0.2) is 5.54 Å².